The molecule has 0 aromatic carbocycles. The van der Waals surface area contributed by atoms with Crippen molar-refractivity contribution >= 4 is 17.9 Å². The van der Waals surface area contributed by atoms with E-state index in [1.807, 2.05) is 18.2 Å². The second kappa shape index (κ2) is 64.1. The molecule has 436 valence electrons. The Hall–Kier alpha value is -4.45. The molecule has 0 N–H and O–H groups in total. The number of carbonyl (C=O) groups excluding carboxylic acids is 3. The summed E-state index contributed by atoms with van der Waals surface area (Å²) in [6.45, 7) is 6.39. The molecular formula is C71H116O6. The summed E-state index contributed by atoms with van der Waals surface area (Å²) in [5, 5.41) is 0. The smallest absolute Gasteiger partial charge is 0.306 e. The van der Waals surface area contributed by atoms with Crippen molar-refractivity contribution in [3.05, 3.63) is 134 Å². The van der Waals surface area contributed by atoms with Crippen LogP contribution < -0.4 is 0 Å². The van der Waals surface area contributed by atoms with Crippen LogP contribution in [0.5, 0.6) is 0 Å². The van der Waals surface area contributed by atoms with Crippen molar-refractivity contribution in [2.24, 2.45) is 0 Å². The molecule has 0 unspecified atom stereocenters. The average molecular weight is 1070 g/mol. The fourth-order valence-corrected chi connectivity index (χ4v) is 8.45. The Labute approximate surface area is 475 Å². The van der Waals surface area contributed by atoms with Gasteiger partial charge in [-0.2, -0.15) is 0 Å². The van der Waals surface area contributed by atoms with Crippen molar-refractivity contribution in [2.75, 3.05) is 13.2 Å². The van der Waals surface area contributed by atoms with Crippen molar-refractivity contribution in [3.8, 4) is 0 Å². The Bertz CT molecular complexity index is 1650. The number of ether oxygens (including phenoxy) is 3. The number of carbonyl (C=O) groups is 3. The lowest BCUT2D eigenvalue weighted by Crippen LogP contribution is -2.30. The fourth-order valence-electron chi connectivity index (χ4n) is 8.45. The lowest BCUT2D eigenvalue weighted by Gasteiger charge is -2.18. The molecule has 0 heterocycles. The monoisotopic (exact) mass is 1060 g/mol. The van der Waals surface area contributed by atoms with Crippen molar-refractivity contribution in [1.29, 1.82) is 0 Å². The molecule has 0 aliphatic rings. The lowest BCUT2D eigenvalue weighted by atomic mass is 10.0. The Kier molecular flexibility index (Phi) is 60.4. The number of rotatable bonds is 56. The molecule has 0 aliphatic heterocycles. The minimum atomic E-state index is -0.853. The topological polar surface area (TPSA) is 78.9 Å². The molecule has 6 nitrogen and oxygen atoms in total. The summed E-state index contributed by atoms with van der Waals surface area (Å²) in [4.78, 5) is 38.2. The van der Waals surface area contributed by atoms with Crippen LogP contribution in [0.15, 0.2) is 134 Å². The van der Waals surface area contributed by atoms with Crippen molar-refractivity contribution in [2.45, 2.75) is 284 Å². The van der Waals surface area contributed by atoms with E-state index in [0.717, 1.165) is 83.5 Å². The van der Waals surface area contributed by atoms with E-state index in [0.29, 0.717) is 19.3 Å². The third kappa shape index (κ3) is 62.3. The molecule has 0 radical (unpaired) electrons. The highest BCUT2D eigenvalue weighted by molar-refractivity contribution is 5.71. The zero-order chi connectivity index (χ0) is 55.7. The second-order valence-electron chi connectivity index (χ2n) is 20.6. The van der Waals surface area contributed by atoms with E-state index >= 15 is 0 Å². The third-order valence-corrected chi connectivity index (χ3v) is 13.2. The van der Waals surface area contributed by atoms with E-state index in [2.05, 4.69) is 136 Å². The number of hydrogen-bond acceptors (Lipinski definition) is 6. The van der Waals surface area contributed by atoms with Gasteiger partial charge < -0.3 is 14.2 Å². The Balaban J connectivity index is 4.57. The molecular weight excluding hydrogens is 949 g/mol. The van der Waals surface area contributed by atoms with Gasteiger partial charge in [0.25, 0.3) is 0 Å². The van der Waals surface area contributed by atoms with Crippen molar-refractivity contribution in [1.82, 2.24) is 0 Å². The maximum atomic E-state index is 12.9. The molecule has 0 amide bonds. The van der Waals surface area contributed by atoms with Gasteiger partial charge in [-0.05, 0) is 96.3 Å². The largest absolute Gasteiger partial charge is 0.462 e. The predicted molar refractivity (Wildman–Crippen MR) is 334 cm³/mol. The third-order valence-electron chi connectivity index (χ3n) is 13.2. The van der Waals surface area contributed by atoms with Gasteiger partial charge in [0.15, 0.2) is 6.10 Å². The van der Waals surface area contributed by atoms with E-state index in [4.69, 9.17) is 14.2 Å². The molecule has 0 saturated heterocycles. The van der Waals surface area contributed by atoms with Gasteiger partial charge in [-0.15, -0.1) is 0 Å². The van der Waals surface area contributed by atoms with Gasteiger partial charge >= 0.3 is 17.9 Å². The van der Waals surface area contributed by atoms with Gasteiger partial charge in [0.1, 0.15) is 13.2 Å². The maximum Gasteiger partial charge on any atom is 0.306 e. The number of unbranched alkanes of at least 4 members (excludes halogenated alkanes) is 23. The van der Waals surface area contributed by atoms with Gasteiger partial charge in [-0.3, -0.25) is 14.4 Å². The first kappa shape index (κ1) is 72.5. The van der Waals surface area contributed by atoms with Crippen LogP contribution >= 0.6 is 0 Å². The van der Waals surface area contributed by atoms with E-state index in [1.165, 1.54) is 141 Å². The van der Waals surface area contributed by atoms with Gasteiger partial charge in [0.05, 0.1) is 0 Å². The van der Waals surface area contributed by atoms with Crippen molar-refractivity contribution < 1.29 is 28.6 Å². The second-order valence-corrected chi connectivity index (χ2v) is 20.6. The minimum absolute atomic E-state index is 0.133. The Morgan fingerprint density at radius 1 is 0.273 bits per heavy atom. The summed E-state index contributed by atoms with van der Waals surface area (Å²) >= 11 is 0. The fraction of sp³-hybridized carbons (Fsp3) is 0.648. The quantitative estimate of drug-likeness (QED) is 0.0261. The van der Waals surface area contributed by atoms with Crippen LogP contribution in [0.4, 0.5) is 0 Å². The summed E-state index contributed by atoms with van der Waals surface area (Å²) in [7, 11) is 0. The highest BCUT2D eigenvalue weighted by atomic mass is 16.6. The van der Waals surface area contributed by atoms with Gasteiger partial charge in [0, 0.05) is 19.3 Å². The molecule has 0 aliphatic carbocycles. The van der Waals surface area contributed by atoms with E-state index in [-0.39, 0.29) is 38.0 Å². The van der Waals surface area contributed by atoms with Crippen LogP contribution in [-0.4, -0.2) is 37.2 Å². The predicted octanol–water partition coefficient (Wildman–Crippen LogP) is 21.8. The first-order valence-corrected chi connectivity index (χ1v) is 31.7. The Morgan fingerprint density at radius 2 is 0.532 bits per heavy atom. The zero-order valence-corrected chi connectivity index (χ0v) is 49.9. The number of esters is 3. The zero-order valence-electron chi connectivity index (χ0n) is 49.9. The molecule has 0 spiro atoms. The maximum absolute atomic E-state index is 12.9. The SMILES string of the molecule is CC/C=C\C/C=C\C/C=C\C/C=C\C/C=C\C/C=C\CCC(=O)O[C@H](COC(=O)CC/C=C\C/C=C\C/C=C\C/C=C\C/C=C\CCCCC)COC(=O)CCCCCCCCCCCCCCCCCCCCCCC. The lowest BCUT2D eigenvalue weighted by molar-refractivity contribution is -0.166. The summed E-state index contributed by atoms with van der Waals surface area (Å²) in [6, 6.07) is 0. The van der Waals surface area contributed by atoms with Gasteiger partial charge in [-0.1, -0.05) is 296 Å². The minimum Gasteiger partial charge on any atom is -0.462 e. The first-order chi connectivity index (χ1) is 38.0. The van der Waals surface area contributed by atoms with Crippen LogP contribution in [0.3, 0.4) is 0 Å². The molecule has 0 fully saturated rings. The normalized spacial score (nSPS) is 13.0. The standard InChI is InChI=1S/C71H116O6/c1-4-7-10-13-16-19-22-25-28-31-34-35-38-40-43-46-49-52-55-58-61-64-70(73)76-67-68(77-71(74)65-62-59-56-53-50-47-44-41-37-33-30-27-24-21-18-15-12-9-6-3)66-75-69(72)63-60-57-54-51-48-45-42-39-36-32-29-26-23-20-17-14-11-8-5-2/h9,12,17-18,20-21,26-27,29-30,36-37,39,41,45,47-48,50,54,56-57,59,68H,4-8,10-11,13-16,19,22-25,28,31-35,38,40,42-44,46,49,51-53,55,58,60-67H2,1-3H3/b12-9-,20-17-,21-18-,29-26-,30-27-,39-36-,41-37-,48-45-,50-47-,57-54-,59-56-/t68-/m1/s1. The molecule has 1 atom stereocenters. The number of hydrogen-bond donors (Lipinski definition) is 0. The average Bonchev–Trinajstić information content (AvgIpc) is 3.43. The summed E-state index contributed by atoms with van der Waals surface area (Å²) in [6.07, 6.45) is 90.5. The molecule has 6 heteroatoms. The van der Waals surface area contributed by atoms with Crippen LogP contribution in [0.25, 0.3) is 0 Å². The van der Waals surface area contributed by atoms with E-state index in [9.17, 15) is 14.4 Å². The summed E-state index contributed by atoms with van der Waals surface area (Å²) in [5.41, 5.74) is 0. The van der Waals surface area contributed by atoms with Crippen molar-refractivity contribution in [3.63, 3.8) is 0 Å². The van der Waals surface area contributed by atoms with Crippen LogP contribution in [0.2, 0.25) is 0 Å². The van der Waals surface area contributed by atoms with Crippen LogP contribution in [0.1, 0.15) is 278 Å². The highest BCUT2D eigenvalue weighted by Gasteiger charge is 2.19. The molecule has 77 heavy (non-hydrogen) atoms. The van der Waals surface area contributed by atoms with E-state index in [1.54, 1.807) is 0 Å². The van der Waals surface area contributed by atoms with Crippen LogP contribution in [0, 0.1) is 0 Å². The molecule has 0 aromatic rings. The van der Waals surface area contributed by atoms with Gasteiger partial charge in [-0.25, -0.2) is 0 Å². The Morgan fingerprint density at radius 3 is 0.870 bits per heavy atom. The van der Waals surface area contributed by atoms with Crippen LogP contribution in [-0.2, 0) is 28.6 Å². The summed E-state index contributed by atoms with van der Waals surface area (Å²) in [5.74, 6) is -1.10. The molecule has 0 bridgehead atoms. The number of allylic oxidation sites excluding steroid dienone is 22. The van der Waals surface area contributed by atoms with Gasteiger partial charge in [0.2, 0.25) is 0 Å². The first-order valence-electron chi connectivity index (χ1n) is 31.7. The van der Waals surface area contributed by atoms with E-state index < -0.39 is 12.1 Å². The summed E-state index contributed by atoms with van der Waals surface area (Å²) < 4.78 is 16.8. The molecule has 0 saturated carbocycles. The molecule has 0 rings (SSSR count). The highest BCUT2D eigenvalue weighted by Crippen LogP contribution is 2.16. The molecule has 0 aromatic heterocycles.